The topological polar surface area (TPSA) is 97.5 Å². The molecule has 3 rings (SSSR count). The van der Waals surface area contributed by atoms with Crippen LogP contribution in [0.3, 0.4) is 0 Å². The summed E-state index contributed by atoms with van der Waals surface area (Å²) in [5.41, 5.74) is 7.75. The lowest BCUT2D eigenvalue weighted by atomic mass is 9.92. The van der Waals surface area contributed by atoms with Gasteiger partial charge >= 0.3 is 5.97 Å². The Bertz CT molecular complexity index is 908. The SMILES string of the molecule is CCC(C)(C)COC(=O)CN1Cc2cc(OCCCC(=O)N(C)C3CCCCC3)ccc2N=C1N. The fourth-order valence-corrected chi connectivity index (χ4v) is 4.35. The second-order valence-electron chi connectivity index (χ2n) is 10.5. The molecule has 1 aromatic rings. The summed E-state index contributed by atoms with van der Waals surface area (Å²) < 4.78 is 11.4. The maximum atomic E-state index is 12.5. The van der Waals surface area contributed by atoms with Crippen molar-refractivity contribution >= 4 is 23.5 Å². The fourth-order valence-electron chi connectivity index (χ4n) is 4.35. The van der Waals surface area contributed by atoms with Crippen molar-refractivity contribution in [3.8, 4) is 5.75 Å². The van der Waals surface area contributed by atoms with E-state index in [1.165, 1.54) is 19.3 Å². The molecule has 0 aromatic heterocycles. The van der Waals surface area contributed by atoms with Gasteiger partial charge in [-0.2, -0.15) is 0 Å². The number of amides is 1. The summed E-state index contributed by atoms with van der Waals surface area (Å²) >= 11 is 0. The molecular weight excluding hydrogens is 444 g/mol. The Morgan fingerprint density at radius 2 is 1.97 bits per heavy atom. The monoisotopic (exact) mass is 486 g/mol. The van der Waals surface area contributed by atoms with Gasteiger partial charge in [0.2, 0.25) is 5.91 Å². The molecule has 1 aromatic carbocycles. The first-order chi connectivity index (χ1) is 16.7. The van der Waals surface area contributed by atoms with Crippen LogP contribution < -0.4 is 10.5 Å². The van der Waals surface area contributed by atoms with Gasteiger partial charge in [0.15, 0.2) is 5.96 Å². The fraction of sp³-hybridized carbons (Fsp3) is 0.667. The summed E-state index contributed by atoms with van der Waals surface area (Å²) in [6, 6.07) is 6.06. The molecule has 0 bridgehead atoms. The van der Waals surface area contributed by atoms with Crippen LogP contribution in [0.4, 0.5) is 5.69 Å². The second kappa shape index (κ2) is 12.3. The molecule has 0 spiro atoms. The highest BCUT2D eigenvalue weighted by atomic mass is 16.5. The summed E-state index contributed by atoms with van der Waals surface area (Å²) in [6.45, 7) is 7.57. The van der Waals surface area contributed by atoms with Crippen molar-refractivity contribution in [2.45, 2.75) is 84.7 Å². The van der Waals surface area contributed by atoms with E-state index >= 15 is 0 Å². The van der Waals surface area contributed by atoms with E-state index < -0.39 is 0 Å². The largest absolute Gasteiger partial charge is 0.494 e. The summed E-state index contributed by atoms with van der Waals surface area (Å²) in [5, 5.41) is 0. The van der Waals surface area contributed by atoms with E-state index in [0.29, 0.717) is 44.6 Å². The number of guanidine groups is 1. The van der Waals surface area contributed by atoms with Crippen LogP contribution in [-0.4, -0.2) is 60.5 Å². The highest BCUT2D eigenvalue weighted by Crippen LogP contribution is 2.29. The number of benzene rings is 1. The quantitative estimate of drug-likeness (QED) is 0.368. The standard InChI is InChI=1S/C27H42N4O4/c1-5-27(2,3)19-35-25(33)18-31-17-20-16-22(13-14-23(20)29-26(31)28)34-15-9-12-24(32)30(4)21-10-7-6-8-11-21/h13-14,16,21H,5-12,15,17-19H2,1-4H3,(H2,28,29). The number of hydrogen-bond donors (Lipinski definition) is 1. The van der Waals surface area contributed by atoms with Crippen molar-refractivity contribution in [1.29, 1.82) is 0 Å². The van der Waals surface area contributed by atoms with E-state index in [2.05, 4.69) is 25.8 Å². The summed E-state index contributed by atoms with van der Waals surface area (Å²) in [4.78, 5) is 33.0. The van der Waals surface area contributed by atoms with Gasteiger partial charge in [0.1, 0.15) is 12.3 Å². The Kier molecular flexibility index (Phi) is 9.40. The Morgan fingerprint density at radius 3 is 2.69 bits per heavy atom. The third-order valence-corrected chi connectivity index (χ3v) is 7.19. The smallest absolute Gasteiger partial charge is 0.325 e. The number of nitrogens with zero attached hydrogens (tertiary/aromatic N) is 3. The van der Waals surface area contributed by atoms with Gasteiger partial charge in [-0.05, 0) is 49.3 Å². The molecular formula is C27H42N4O4. The molecule has 1 saturated carbocycles. The zero-order valence-electron chi connectivity index (χ0n) is 21.8. The predicted molar refractivity (Wildman–Crippen MR) is 138 cm³/mol. The van der Waals surface area contributed by atoms with Gasteiger partial charge in [0.05, 0.1) is 18.9 Å². The van der Waals surface area contributed by atoms with E-state index in [4.69, 9.17) is 15.2 Å². The van der Waals surface area contributed by atoms with Crippen molar-refractivity contribution in [3.05, 3.63) is 23.8 Å². The van der Waals surface area contributed by atoms with Crippen LogP contribution in [0, 0.1) is 5.41 Å². The Hall–Kier alpha value is -2.77. The van der Waals surface area contributed by atoms with Crippen LogP contribution in [0.1, 0.15) is 77.7 Å². The predicted octanol–water partition coefficient (Wildman–Crippen LogP) is 4.38. The highest BCUT2D eigenvalue weighted by molar-refractivity contribution is 5.87. The molecule has 8 heteroatoms. The number of hydrogen-bond acceptors (Lipinski definition) is 7. The van der Waals surface area contributed by atoms with Crippen molar-refractivity contribution in [1.82, 2.24) is 9.80 Å². The zero-order valence-corrected chi connectivity index (χ0v) is 21.8. The molecule has 1 aliphatic heterocycles. The van der Waals surface area contributed by atoms with Gasteiger partial charge in [-0.25, -0.2) is 4.99 Å². The van der Waals surface area contributed by atoms with Crippen LogP contribution in [0.25, 0.3) is 0 Å². The molecule has 8 nitrogen and oxygen atoms in total. The first-order valence-electron chi connectivity index (χ1n) is 12.9. The minimum atomic E-state index is -0.316. The van der Waals surface area contributed by atoms with Crippen LogP contribution in [0.15, 0.2) is 23.2 Å². The second-order valence-corrected chi connectivity index (χ2v) is 10.5. The lowest BCUT2D eigenvalue weighted by Gasteiger charge is -2.31. The third kappa shape index (κ3) is 7.87. The Labute approximate surface area is 209 Å². The minimum Gasteiger partial charge on any atom is -0.494 e. The summed E-state index contributed by atoms with van der Waals surface area (Å²) in [5.74, 6) is 0.905. The van der Waals surface area contributed by atoms with E-state index in [9.17, 15) is 9.59 Å². The number of ether oxygens (including phenoxy) is 2. The normalized spacial score (nSPS) is 16.3. The molecule has 1 amide bonds. The zero-order chi connectivity index (χ0) is 25.4. The van der Waals surface area contributed by atoms with Crippen LogP contribution in [0.2, 0.25) is 0 Å². The molecule has 0 radical (unpaired) electrons. The number of esters is 1. The highest BCUT2D eigenvalue weighted by Gasteiger charge is 2.24. The first-order valence-corrected chi connectivity index (χ1v) is 12.9. The maximum absolute atomic E-state index is 12.5. The van der Waals surface area contributed by atoms with Gasteiger partial charge in [0, 0.05) is 31.6 Å². The van der Waals surface area contributed by atoms with Gasteiger partial charge < -0.3 is 25.0 Å². The average molecular weight is 487 g/mol. The maximum Gasteiger partial charge on any atom is 0.325 e. The number of fused-ring (bicyclic) bond motifs is 1. The van der Waals surface area contributed by atoms with E-state index in [-0.39, 0.29) is 23.8 Å². The van der Waals surface area contributed by atoms with Crippen LogP contribution >= 0.6 is 0 Å². The summed E-state index contributed by atoms with van der Waals surface area (Å²) in [6.07, 6.45) is 8.04. The molecule has 0 saturated heterocycles. The van der Waals surface area contributed by atoms with Crippen LogP contribution in [-0.2, 0) is 20.9 Å². The molecule has 1 aliphatic carbocycles. The Balaban J connectivity index is 1.46. The molecule has 2 N–H and O–H groups in total. The van der Waals surface area contributed by atoms with Crippen molar-refractivity contribution < 1.29 is 19.1 Å². The van der Waals surface area contributed by atoms with E-state index in [1.807, 2.05) is 30.1 Å². The number of carbonyl (C=O) groups excluding carboxylic acids is 2. The van der Waals surface area contributed by atoms with Gasteiger partial charge in [-0.3, -0.25) is 9.59 Å². The third-order valence-electron chi connectivity index (χ3n) is 7.19. The van der Waals surface area contributed by atoms with Crippen molar-refractivity contribution in [2.24, 2.45) is 16.1 Å². The average Bonchev–Trinajstić information content (AvgIpc) is 2.86. The summed E-state index contributed by atoms with van der Waals surface area (Å²) in [7, 11) is 1.93. The molecule has 0 atom stereocenters. The number of rotatable bonds is 11. The number of nitrogens with two attached hydrogens (primary N) is 1. The molecule has 35 heavy (non-hydrogen) atoms. The number of carbonyl (C=O) groups is 2. The van der Waals surface area contributed by atoms with E-state index in [1.54, 1.807) is 4.90 Å². The molecule has 2 aliphatic rings. The van der Waals surface area contributed by atoms with Gasteiger partial charge in [0.25, 0.3) is 0 Å². The Morgan fingerprint density at radius 1 is 1.23 bits per heavy atom. The molecule has 194 valence electrons. The van der Waals surface area contributed by atoms with Crippen molar-refractivity contribution in [2.75, 3.05) is 26.8 Å². The minimum absolute atomic E-state index is 0.0497. The molecule has 1 heterocycles. The molecule has 0 unspecified atom stereocenters. The molecule has 1 fully saturated rings. The number of aliphatic imine (C=N–C) groups is 1. The van der Waals surface area contributed by atoms with Crippen LogP contribution in [0.5, 0.6) is 5.75 Å². The van der Waals surface area contributed by atoms with Crippen molar-refractivity contribution in [3.63, 3.8) is 0 Å². The first kappa shape index (κ1) is 26.8. The van der Waals surface area contributed by atoms with Gasteiger partial charge in [-0.15, -0.1) is 0 Å². The lowest BCUT2D eigenvalue weighted by Crippen LogP contribution is -2.42. The lowest BCUT2D eigenvalue weighted by molar-refractivity contribution is -0.147. The van der Waals surface area contributed by atoms with Gasteiger partial charge in [-0.1, -0.05) is 40.0 Å². The van der Waals surface area contributed by atoms with E-state index in [0.717, 1.165) is 36.3 Å².